The van der Waals surface area contributed by atoms with Crippen LogP contribution in [-0.2, 0) is 0 Å². The molecule has 0 fully saturated rings. The van der Waals surface area contributed by atoms with Crippen molar-refractivity contribution in [3.63, 3.8) is 0 Å². The Labute approximate surface area is 138 Å². The molecule has 0 aliphatic heterocycles. The maximum Gasteiger partial charge on any atom is 0.271 e. The number of pyridine rings is 2. The van der Waals surface area contributed by atoms with Crippen molar-refractivity contribution in [3.8, 4) is 16.9 Å². The number of benzene rings is 1. The SMILES string of the molecule is COc1cccc(C(=O)Nc2cc(-c3ccncc3)c[nH]c2=O)c1. The van der Waals surface area contributed by atoms with Gasteiger partial charge in [0.15, 0.2) is 0 Å². The van der Waals surface area contributed by atoms with Crippen LogP contribution < -0.4 is 15.6 Å². The first-order chi connectivity index (χ1) is 11.7. The molecular formula is C18H15N3O3. The van der Waals surface area contributed by atoms with E-state index in [-0.39, 0.29) is 17.2 Å². The second-order valence-electron chi connectivity index (χ2n) is 5.05. The van der Waals surface area contributed by atoms with E-state index < -0.39 is 0 Å². The fourth-order valence-electron chi connectivity index (χ4n) is 2.25. The van der Waals surface area contributed by atoms with Gasteiger partial charge in [-0.25, -0.2) is 0 Å². The highest BCUT2D eigenvalue weighted by Crippen LogP contribution is 2.19. The van der Waals surface area contributed by atoms with Crippen LogP contribution in [0, 0.1) is 0 Å². The highest BCUT2D eigenvalue weighted by molar-refractivity contribution is 6.04. The third-order valence-electron chi connectivity index (χ3n) is 3.50. The predicted molar refractivity (Wildman–Crippen MR) is 91.2 cm³/mol. The first-order valence-corrected chi connectivity index (χ1v) is 7.26. The van der Waals surface area contributed by atoms with Crippen molar-refractivity contribution >= 4 is 11.6 Å². The molecule has 3 aromatic rings. The molecule has 2 N–H and O–H groups in total. The molecule has 0 radical (unpaired) electrons. The van der Waals surface area contributed by atoms with Gasteiger partial charge < -0.3 is 15.0 Å². The Hall–Kier alpha value is -3.41. The van der Waals surface area contributed by atoms with Gasteiger partial charge in [-0.3, -0.25) is 14.6 Å². The molecule has 1 aromatic carbocycles. The van der Waals surface area contributed by atoms with Crippen LogP contribution in [0.4, 0.5) is 5.69 Å². The van der Waals surface area contributed by atoms with Gasteiger partial charge in [-0.15, -0.1) is 0 Å². The summed E-state index contributed by atoms with van der Waals surface area (Å²) >= 11 is 0. The van der Waals surface area contributed by atoms with Gasteiger partial charge in [-0.05, 0) is 42.0 Å². The molecule has 6 nitrogen and oxygen atoms in total. The van der Waals surface area contributed by atoms with Crippen molar-refractivity contribution in [2.45, 2.75) is 0 Å². The minimum atomic E-state index is -0.383. The van der Waals surface area contributed by atoms with Gasteiger partial charge in [-0.2, -0.15) is 0 Å². The van der Waals surface area contributed by atoms with E-state index in [2.05, 4.69) is 15.3 Å². The van der Waals surface area contributed by atoms with E-state index in [4.69, 9.17) is 4.74 Å². The lowest BCUT2D eigenvalue weighted by Gasteiger charge is -2.08. The summed E-state index contributed by atoms with van der Waals surface area (Å²) in [4.78, 5) is 30.9. The Morgan fingerprint density at radius 3 is 2.67 bits per heavy atom. The van der Waals surface area contributed by atoms with Gasteiger partial charge in [0, 0.05) is 29.7 Å². The van der Waals surface area contributed by atoms with E-state index >= 15 is 0 Å². The smallest absolute Gasteiger partial charge is 0.271 e. The molecule has 3 rings (SSSR count). The second-order valence-corrected chi connectivity index (χ2v) is 5.05. The lowest BCUT2D eigenvalue weighted by molar-refractivity contribution is 0.102. The number of hydrogen-bond acceptors (Lipinski definition) is 4. The van der Waals surface area contributed by atoms with E-state index in [1.165, 1.54) is 7.11 Å². The summed E-state index contributed by atoms with van der Waals surface area (Å²) in [5.74, 6) is 0.188. The third kappa shape index (κ3) is 3.33. The number of anilines is 1. The Bertz CT molecular complexity index is 920. The van der Waals surface area contributed by atoms with E-state index in [9.17, 15) is 9.59 Å². The van der Waals surface area contributed by atoms with Gasteiger partial charge in [0.25, 0.3) is 11.5 Å². The maximum atomic E-state index is 12.4. The summed E-state index contributed by atoms with van der Waals surface area (Å²) < 4.78 is 5.10. The molecule has 0 unspecified atom stereocenters. The summed E-state index contributed by atoms with van der Waals surface area (Å²) in [7, 11) is 1.53. The average Bonchev–Trinajstić information content (AvgIpc) is 2.64. The fourth-order valence-corrected chi connectivity index (χ4v) is 2.25. The molecule has 0 spiro atoms. The molecule has 0 bridgehead atoms. The van der Waals surface area contributed by atoms with Gasteiger partial charge in [0.1, 0.15) is 11.4 Å². The quantitative estimate of drug-likeness (QED) is 0.774. The normalized spacial score (nSPS) is 10.2. The number of aromatic nitrogens is 2. The molecule has 24 heavy (non-hydrogen) atoms. The third-order valence-corrected chi connectivity index (χ3v) is 3.50. The highest BCUT2D eigenvalue weighted by Gasteiger charge is 2.10. The summed E-state index contributed by atoms with van der Waals surface area (Å²) in [6, 6.07) is 12.0. The Balaban J connectivity index is 1.89. The number of aromatic amines is 1. The number of H-pyrrole nitrogens is 1. The standard InChI is InChI=1S/C18H15N3O3/c1-24-15-4-2-3-13(9-15)17(22)21-16-10-14(11-20-18(16)23)12-5-7-19-8-6-12/h2-11H,1H3,(H,20,23)(H,21,22). The second kappa shape index (κ2) is 6.78. The molecule has 0 saturated heterocycles. The number of nitrogens with one attached hydrogen (secondary N) is 2. The number of methoxy groups -OCH3 is 1. The number of carbonyl (C=O) groups excluding carboxylic acids is 1. The zero-order valence-corrected chi connectivity index (χ0v) is 12.9. The van der Waals surface area contributed by atoms with Crippen molar-refractivity contribution in [1.29, 1.82) is 0 Å². The maximum absolute atomic E-state index is 12.4. The van der Waals surface area contributed by atoms with E-state index in [0.717, 1.165) is 11.1 Å². The van der Waals surface area contributed by atoms with Crippen LogP contribution in [-0.4, -0.2) is 23.0 Å². The summed E-state index contributed by atoms with van der Waals surface area (Å²) in [5, 5.41) is 2.63. The molecule has 0 aliphatic rings. The minimum Gasteiger partial charge on any atom is -0.497 e. The van der Waals surface area contributed by atoms with Crippen LogP contribution in [0.2, 0.25) is 0 Å². The van der Waals surface area contributed by atoms with Crippen molar-refractivity contribution in [3.05, 3.63) is 77.0 Å². The monoisotopic (exact) mass is 321 g/mol. The molecule has 0 aliphatic carbocycles. The Morgan fingerprint density at radius 1 is 1.12 bits per heavy atom. The summed E-state index contributed by atoms with van der Waals surface area (Å²) in [6.45, 7) is 0. The lowest BCUT2D eigenvalue weighted by Crippen LogP contribution is -2.19. The molecule has 2 heterocycles. The van der Waals surface area contributed by atoms with Crippen LogP contribution >= 0.6 is 0 Å². The van der Waals surface area contributed by atoms with Crippen molar-refractivity contribution in [2.75, 3.05) is 12.4 Å². The van der Waals surface area contributed by atoms with Crippen LogP contribution in [0.3, 0.4) is 0 Å². The molecule has 1 amide bonds. The highest BCUT2D eigenvalue weighted by atomic mass is 16.5. The van der Waals surface area contributed by atoms with Crippen LogP contribution in [0.5, 0.6) is 5.75 Å². The molecule has 2 aromatic heterocycles. The van der Waals surface area contributed by atoms with E-state index in [1.54, 1.807) is 48.9 Å². The minimum absolute atomic E-state index is 0.178. The summed E-state index contributed by atoms with van der Waals surface area (Å²) in [5.41, 5.74) is 1.88. The summed E-state index contributed by atoms with van der Waals surface area (Å²) in [6.07, 6.45) is 4.92. The number of hydrogen-bond donors (Lipinski definition) is 2. The lowest BCUT2D eigenvalue weighted by atomic mass is 10.1. The Morgan fingerprint density at radius 2 is 1.92 bits per heavy atom. The number of rotatable bonds is 4. The molecular weight excluding hydrogens is 306 g/mol. The van der Waals surface area contributed by atoms with Gasteiger partial charge in [0.05, 0.1) is 7.11 Å². The molecule has 0 saturated carbocycles. The van der Waals surface area contributed by atoms with Crippen molar-refractivity contribution in [1.82, 2.24) is 9.97 Å². The van der Waals surface area contributed by atoms with Gasteiger partial charge >= 0.3 is 0 Å². The topological polar surface area (TPSA) is 84.1 Å². The van der Waals surface area contributed by atoms with Gasteiger partial charge in [-0.1, -0.05) is 6.07 Å². The molecule has 6 heteroatoms. The largest absolute Gasteiger partial charge is 0.497 e. The number of nitrogens with zero attached hydrogens (tertiary/aromatic N) is 1. The average molecular weight is 321 g/mol. The molecule has 120 valence electrons. The van der Waals surface area contributed by atoms with Gasteiger partial charge in [0.2, 0.25) is 0 Å². The van der Waals surface area contributed by atoms with E-state index in [1.807, 2.05) is 12.1 Å². The van der Waals surface area contributed by atoms with E-state index in [0.29, 0.717) is 11.3 Å². The molecule has 0 atom stereocenters. The zero-order valence-electron chi connectivity index (χ0n) is 12.9. The number of ether oxygens (including phenoxy) is 1. The first-order valence-electron chi connectivity index (χ1n) is 7.26. The number of carbonyl (C=O) groups is 1. The predicted octanol–water partition coefficient (Wildman–Crippen LogP) is 2.70. The first kappa shape index (κ1) is 15.5. The van der Waals surface area contributed by atoms with Crippen molar-refractivity contribution in [2.24, 2.45) is 0 Å². The Kier molecular flexibility index (Phi) is 4.38. The van der Waals surface area contributed by atoms with Crippen molar-refractivity contribution < 1.29 is 9.53 Å². The van der Waals surface area contributed by atoms with Crippen LogP contribution in [0.25, 0.3) is 11.1 Å². The fraction of sp³-hybridized carbons (Fsp3) is 0.0556. The van der Waals surface area contributed by atoms with Crippen LogP contribution in [0.15, 0.2) is 65.8 Å². The zero-order chi connectivity index (χ0) is 16.9. The number of amides is 1. The van der Waals surface area contributed by atoms with Crippen LogP contribution in [0.1, 0.15) is 10.4 Å².